The molecule has 0 radical (unpaired) electrons. The third-order valence-electron chi connectivity index (χ3n) is 1.37. The number of hydrogen-bond donors (Lipinski definition) is 2. The number of benzene rings is 1. The van der Waals surface area contributed by atoms with Crippen LogP contribution in [0.15, 0.2) is 24.3 Å². The molecule has 1 aromatic rings. The topological polar surface area (TPSA) is 49.3 Å². The summed E-state index contributed by atoms with van der Waals surface area (Å²) >= 11 is 5.34. The molecule has 0 amide bonds. The van der Waals surface area contributed by atoms with Crippen LogP contribution in [0.25, 0.3) is 0 Å². The predicted molar refractivity (Wildman–Crippen MR) is 47.3 cm³/mol. The van der Waals surface area contributed by atoms with E-state index in [0.29, 0.717) is 0 Å². The fourth-order valence-electron chi connectivity index (χ4n) is 0.777. The molecule has 0 spiro atoms. The molecule has 13 heavy (non-hydrogen) atoms. The van der Waals surface area contributed by atoms with Crippen LogP contribution in [-0.4, -0.2) is 16.6 Å². The predicted octanol–water partition coefficient (Wildman–Crippen LogP) is 1.89. The molecule has 3 nitrogen and oxygen atoms in total. The average Bonchev–Trinajstić information content (AvgIpc) is 2.08. The van der Waals surface area contributed by atoms with Crippen LogP contribution in [0.2, 0.25) is 0 Å². The Morgan fingerprint density at radius 1 is 1.54 bits per heavy atom. The second kappa shape index (κ2) is 4.09. The lowest BCUT2D eigenvalue weighted by Gasteiger charge is -2.08. The van der Waals surface area contributed by atoms with E-state index >= 15 is 0 Å². The molecule has 0 saturated carbocycles. The van der Waals surface area contributed by atoms with Crippen LogP contribution in [0.4, 0.5) is 10.1 Å². The molecule has 0 aliphatic rings. The van der Waals surface area contributed by atoms with Crippen LogP contribution in [0, 0.1) is 5.82 Å². The zero-order chi connectivity index (χ0) is 9.84. The Kier molecular flexibility index (Phi) is 3.08. The number of para-hydroxylation sites is 1. The summed E-state index contributed by atoms with van der Waals surface area (Å²) in [4.78, 5) is 10.3. The first-order valence-corrected chi connectivity index (χ1v) is 3.93. The number of carboxylic acids is 1. The zero-order valence-electron chi connectivity index (χ0n) is 6.50. The van der Waals surface area contributed by atoms with Crippen molar-refractivity contribution in [1.29, 1.82) is 0 Å². The van der Waals surface area contributed by atoms with E-state index < -0.39 is 17.3 Å². The quantitative estimate of drug-likeness (QED) is 0.583. The summed E-state index contributed by atoms with van der Waals surface area (Å²) < 4.78 is 12.9. The number of nitrogens with one attached hydrogen (secondary N) is 1. The van der Waals surface area contributed by atoms with Crippen molar-refractivity contribution in [3.63, 3.8) is 0 Å². The van der Waals surface area contributed by atoms with Gasteiger partial charge >= 0.3 is 5.97 Å². The van der Waals surface area contributed by atoms with Gasteiger partial charge in [-0.3, -0.25) is 0 Å². The highest BCUT2D eigenvalue weighted by molar-refractivity contribution is 6.30. The maximum absolute atomic E-state index is 12.9. The molecular formula is C8H7ClFNO2. The van der Waals surface area contributed by atoms with Crippen molar-refractivity contribution >= 4 is 23.3 Å². The van der Waals surface area contributed by atoms with Crippen molar-refractivity contribution in [2.45, 2.75) is 5.50 Å². The fraction of sp³-hybridized carbons (Fsp3) is 0.125. The van der Waals surface area contributed by atoms with E-state index in [0.717, 1.165) is 0 Å². The lowest BCUT2D eigenvalue weighted by atomic mass is 10.3. The fourth-order valence-corrected chi connectivity index (χ4v) is 0.894. The van der Waals surface area contributed by atoms with Crippen molar-refractivity contribution in [1.82, 2.24) is 0 Å². The smallest absolute Gasteiger partial charge is 0.341 e. The van der Waals surface area contributed by atoms with Crippen molar-refractivity contribution in [3.05, 3.63) is 30.1 Å². The number of halogens is 2. The van der Waals surface area contributed by atoms with Crippen LogP contribution < -0.4 is 5.32 Å². The van der Waals surface area contributed by atoms with Crippen molar-refractivity contribution < 1.29 is 14.3 Å². The molecular weight excluding hydrogens is 197 g/mol. The molecule has 0 fully saturated rings. The number of carboxylic acid groups (broad SMARTS) is 1. The number of aliphatic carboxylic acids is 1. The Morgan fingerprint density at radius 2 is 2.15 bits per heavy atom. The highest BCUT2D eigenvalue weighted by Gasteiger charge is 2.13. The van der Waals surface area contributed by atoms with Gasteiger partial charge in [0.15, 0.2) is 5.50 Å². The monoisotopic (exact) mass is 203 g/mol. The zero-order valence-corrected chi connectivity index (χ0v) is 7.25. The minimum atomic E-state index is -1.32. The van der Waals surface area contributed by atoms with Crippen molar-refractivity contribution in [3.8, 4) is 0 Å². The largest absolute Gasteiger partial charge is 0.479 e. The van der Waals surface area contributed by atoms with E-state index in [-0.39, 0.29) is 5.69 Å². The van der Waals surface area contributed by atoms with E-state index in [9.17, 15) is 9.18 Å². The van der Waals surface area contributed by atoms with Gasteiger partial charge in [-0.15, -0.1) is 0 Å². The summed E-state index contributed by atoms with van der Waals surface area (Å²) in [6, 6.07) is 5.71. The highest BCUT2D eigenvalue weighted by Crippen LogP contribution is 2.14. The number of alkyl halides is 1. The lowest BCUT2D eigenvalue weighted by Crippen LogP contribution is -2.23. The van der Waals surface area contributed by atoms with E-state index in [1.807, 2.05) is 0 Å². The number of anilines is 1. The Labute approximate surface area is 79.1 Å². The molecule has 1 rings (SSSR count). The molecule has 0 bridgehead atoms. The molecule has 0 saturated heterocycles. The first-order chi connectivity index (χ1) is 6.11. The molecule has 70 valence electrons. The molecule has 2 N–H and O–H groups in total. The minimum Gasteiger partial charge on any atom is -0.479 e. The van der Waals surface area contributed by atoms with Gasteiger partial charge < -0.3 is 10.4 Å². The van der Waals surface area contributed by atoms with Gasteiger partial charge in [0, 0.05) is 0 Å². The Morgan fingerprint density at radius 3 is 2.69 bits per heavy atom. The van der Waals surface area contributed by atoms with Crippen molar-refractivity contribution in [2.24, 2.45) is 0 Å². The SMILES string of the molecule is O=C(O)C(Cl)Nc1ccccc1F. The second-order valence-corrected chi connectivity index (χ2v) is 2.76. The van der Waals surface area contributed by atoms with Crippen LogP contribution in [-0.2, 0) is 4.79 Å². The summed E-state index contributed by atoms with van der Waals surface area (Å²) in [5, 5.41) is 10.7. The van der Waals surface area contributed by atoms with Gasteiger partial charge in [0.2, 0.25) is 0 Å². The Hall–Kier alpha value is -1.29. The Bertz CT molecular complexity index is 319. The highest BCUT2D eigenvalue weighted by atomic mass is 35.5. The minimum absolute atomic E-state index is 0.0740. The molecule has 0 aromatic heterocycles. The van der Waals surface area contributed by atoms with Gasteiger partial charge in [0.1, 0.15) is 5.82 Å². The third-order valence-corrected chi connectivity index (χ3v) is 1.67. The van der Waals surface area contributed by atoms with E-state index in [2.05, 4.69) is 5.32 Å². The third kappa shape index (κ3) is 2.59. The molecule has 0 aliphatic heterocycles. The van der Waals surface area contributed by atoms with Crippen LogP contribution >= 0.6 is 11.6 Å². The summed E-state index contributed by atoms with van der Waals surface area (Å²) in [5.41, 5.74) is -1.25. The van der Waals surface area contributed by atoms with Crippen LogP contribution in [0.5, 0.6) is 0 Å². The van der Waals surface area contributed by atoms with Gasteiger partial charge in [0.05, 0.1) is 5.69 Å². The summed E-state index contributed by atoms with van der Waals surface area (Å²) in [7, 11) is 0. The van der Waals surface area contributed by atoms with Gasteiger partial charge in [-0.05, 0) is 12.1 Å². The molecule has 0 heterocycles. The standard InChI is InChI=1S/C8H7ClFNO2/c9-7(8(12)13)11-6-4-2-1-3-5(6)10/h1-4,7,11H,(H,12,13). The first-order valence-electron chi connectivity index (χ1n) is 3.49. The van der Waals surface area contributed by atoms with E-state index in [1.54, 1.807) is 6.07 Å². The van der Waals surface area contributed by atoms with Gasteiger partial charge in [-0.2, -0.15) is 0 Å². The molecule has 1 atom stereocenters. The molecule has 1 aromatic carbocycles. The normalized spacial score (nSPS) is 12.2. The second-order valence-electron chi connectivity index (χ2n) is 2.32. The Balaban J connectivity index is 2.74. The van der Waals surface area contributed by atoms with Crippen molar-refractivity contribution in [2.75, 3.05) is 5.32 Å². The number of hydrogen-bond acceptors (Lipinski definition) is 2. The maximum Gasteiger partial charge on any atom is 0.341 e. The summed E-state index contributed by atoms with van der Waals surface area (Å²) in [5.74, 6) is -1.78. The summed E-state index contributed by atoms with van der Waals surface area (Å²) in [6.07, 6.45) is 0. The van der Waals surface area contributed by atoms with Gasteiger partial charge in [-0.1, -0.05) is 23.7 Å². The maximum atomic E-state index is 12.9. The first kappa shape index (κ1) is 9.80. The van der Waals surface area contributed by atoms with Gasteiger partial charge in [-0.25, -0.2) is 9.18 Å². The van der Waals surface area contributed by atoms with E-state index in [1.165, 1.54) is 18.2 Å². The molecule has 5 heteroatoms. The average molecular weight is 204 g/mol. The van der Waals surface area contributed by atoms with Crippen LogP contribution in [0.1, 0.15) is 0 Å². The molecule has 1 unspecified atom stereocenters. The van der Waals surface area contributed by atoms with Gasteiger partial charge in [0.25, 0.3) is 0 Å². The van der Waals surface area contributed by atoms with Crippen LogP contribution in [0.3, 0.4) is 0 Å². The molecule has 0 aliphatic carbocycles. The summed E-state index contributed by atoms with van der Waals surface area (Å²) in [6.45, 7) is 0. The number of carbonyl (C=O) groups is 1. The lowest BCUT2D eigenvalue weighted by molar-refractivity contribution is -0.136. The number of rotatable bonds is 3. The van der Waals surface area contributed by atoms with E-state index in [4.69, 9.17) is 16.7 Å².